The van der Waals surface area contributed by atoms with E-state index in [2.05, 4.69) is 5.32 Å². The summed E-state index contributed by atoms with van der Waals surface area (Å²) >= 11 is 5.82. The molecule has 0 aliphatic rings. The number of nitrogens with zero attached hydrogens (tertiary/aromatic N) is 1. The van der Waals surface area contributed by atoms with E-state index < -0.39 is 0 Å². The minimum absolute atomic E-state index is 0.100. The molecule has 90 valence electrons. The molecule has 0 saturated carbocycles. The molecular formula is C13H15ClN2O. The van der Waals surface area contributed by atoms with E-state index in [1.54, 1.807) is 0 Å². The molecule has 0 radical (unpaired) electrons. The van der Waals surface area contributed by atoms with Crippen LogP contribution in [0.2, 0.25) is 5.02 Å². The monoisotopic (exact) mass is 250 g/mol. The summed E-state index contributed by atoms with van der Waals surface area (Å²) in [5.41, 5.74) is 0.912. The largest absolute Gasteiger partial charge is 0.354 e. The standard InChI is InChI=1S/C13H15ClN2O/c1-13(2,9-16-12(17)7-8-15)10-3-5-11(14)6-4-10/h3-6H,7,9H2,1-2H3,(H,16,17). The maximum Gasteiger partial charge on any atom is 0.234 e. The first kappa shape index (κ1) is 13.5. The van der Waals surface area contributed by atoms with E-state index in [1.165, 1.54) is 0 Å². The topological polar surface area (TPSA) is 52.9 Å². The van der Waals surface area contributed by atoms with E-state index in [-0.39, 0.29) is 17.7 Å². The van der Waals surface area contributed by atoms with Crippen LogP contribution in [-0.4, -0.2) is 12.5 Å². The molecule has 1 aromatic carbocycles. The minimum Gasteiger partial charge on any atom is -0.354 e. The van der Waals surface area contributed by atoms with Crippen molar-refractivity contribution in [2.24, 2.45) is 0 Å². The SMILES string of the molecule is CC(C)(CNC(=O)CC#N)c1ccc(Cl)cc1. The molecule has 4 heteroatoms. The van der Waals surface area contributed by atoms with Crippen molar-refractivity contribution in [3.63, 3.8) is 0 Å². The number of carbonyl (C=O) groups is 1. The Bertz CT molecular complexity index is 432. The summed E-state index contributed by atoms with van der Waals surface area (Å²) in [6.07, 6.45) is -0.100. The van der Waals surface area contributed by atoms with Crippen molar-refractivity contribution in [1.82, 2.24) is 5.32 Å². The van der Waals surface area contributed by atoms with Gasteiger partial charge in [0.2, 0.25) is 5.91 Å². The molecule has 0 fully saturated rings. The molecule has 17 heavy (non-hydrogen) atoms. The summed E-state index contributed by atoms with van der Waals surface area (Å²) < 4.78 is 0. The van der Waals surface area contributed by atoms with Gasteiger partial charge in [0.25, 0.3) is 0 Å². The van der Waals surface area contributed by atoms with Crippen molar-refractivity contribution in [3.8, 4) is 6.07 Å². The van der Waals surface area contributed by atoms with Crippen molar-refractivity contribution in [3.05, 3.63) is 34.9 Å². The van der Waals surface area contributed by atoms with E-state index in [1.807, 2.05) is 44.2 Å². The van der Waals surface area contributed by atoms with Crippen LogP contribution in [0, 0.1) is 11.3 Å². The Hall–Kier alpha value is -1.53. The highest BCUT2D eigenvalue weighted by molar-refractivity contribution is 6.30. The predicted octanol–water partition coefficient (Wildman–Crippen LogP) is 2.65. The Labute approximate surface area is 106 Å². The van der Waals surface area contributed by atoms with E-state index in [0.29, 0.717) is 11.6 Å². The van der Waals surface area contributed by atoms with Crippen molar-refractivity contribution >= 4 is 17.5 Å². The molecule has 1 rings (SSSR count). The number of halogens is 1. The molecule has 3 nitrogen and oxygen atoms in total. The molecule has 0 heterocycles. The van der Waals surface area contributed by atoms with Crippen LogP contribution in [0.25, 0.3) is 0 Å². The highest BCUT2D eigenvalue weighted by atomic mass is 35.5. The van der Waals surface area contributed by atoms with E-state index in [4.69, 9.17) is 16.9 Å². The number of amides is 1. The van der Waals surface area contributed by atoms with Gasteiger partial charge in [-0.25, -0.2) is 0 Å². The van der Waals surface area contributed by atoms with Crippen LogP contribution < -0.4 is 5.32 Å². The highest BCUT2D eigenvalue weighted by Crippen LogP contribution is 2.23. The van der Waals surface area contributed by atoms with E-state index >= 15 is 0 Å². The third-order valence-electron chi connectivity index (χ3n) is 2.59. The summed E-state index contributed by atoms with van der Waals surface area (Å²) in [5, 5.41) is 11.8. The van der Waals surface area contributed by atoms with Crippen LogP contribution in [0.5, 0.6) is 0 Å². The van der Waals surface area contributed by atoms with Crippen LogP contribution in [0.3, 0.4) is 0 Å². The fraction of sp³-hybridized carbons (Fsp3) is 0.385. The normalized spacial score (nSPS) is 10.7. The first-order chi connectivity index (χ1) is 7.95. The zero-order valence-electron chi connectivity index (χ0n) is 9.96. The fourth-order valence-corrected chi connectivity index (χ4v) is 1.58. The summed E-state index contributed by atoms with van der Waals surface area (Å²) in [6, 6.07) is 9.37. The van der Waals surface area contributed by atoms with Gasteiger partial charge in [0, 0.05) is 17.0 Å². The molecule has 0 atom stereocenters. The molecule has 0 aliphatic heterocycles. The third-order valence-corrected chi connectivity index (χ3v) is 2.84. The number of hydrogen-bond donors (Lipinski definition) is 1. The van der Waals surface area contributed by atoms with Gasteiger partial charge < -0.3 is 5.32 Å². The van der Waals surface area contributed by atoms with Gasteiger partial charge in [-0.2, -0.15) is 5.26 Å². The van der Waals surface area contributed by atoms with Crippen LogP contribution in [-0.2, 0) is 10.2 Å². The Balaban J connectivity index is 2.65. The summed E-state index contributed by atoms with van der Waals surface area (Å²) in [5.74, 6) is -0.241. The van der Waals surface area contributed by atoms with Crippen molar-refractivity contribution in [1.29, 1.82) is 5.26 Å². The molecule has 1 aromatic rings. The van der Waals surface area contributed by atoms with Crippen LogP contribution >= 0.6 is 11.6 Å². The molecular weight excluding hydrogens is 236 g/mol. The third kappa shape index (κ3) is 4.08. The number of carbonyl (C=O) groups excluding carboxylic acids is 1. The lowest BCUT2D eigenvalue weighted by Crippen LogP contribution is -2.36. The van der Waals surface area contributed by atoms with Gasteiger partial charge in [0.15, 0.2) is 0 Å². The summed E-state index contributed by atoms with van der Waals surface area (Å²) in [4.78, 5) is 11.2. The fourth-order valence-electron chi connectivity index (χ4n) is 1.46. The Morgan fingerprint density at radius 3 is 2.53 bits per heavy atom. The average molecular weight is 251 g/mol. The van der Waals surface area contributed by atoms with Gasteiger partial charge in [0.1, 0.15) is 6.42 Å². The smallest absolute Gasteiger partial charge is 0.234 e. The number of hydrogen-bond acceptors (Lipinski definition) is 2. The van der Waals surface area contributed by atoms with E-state index in [0.717, 1.165) is 5.56 Å². The number of rotatable bonds is 4. The van der Waals surface area contributed by atoms with Crippen molar-refractivity contribution in [2.75, 3.05) is 6.54 Å². The van der Waals surface area contributed by atoms with Crippen molar-refractivity contribution < 1.29 is 4.79 Å². The van der Waals surface area contributed by atoms with Crippen LogP contribution in [0.15, 0.2) is 24.3 Å². The second kappa shape index (κ2) is 5.70. The summed E-state index contributed by atoms with van der Waals surface area (Å²) in [7, 11) is 0. The van der Waals surface area contributed by atoms with Gasteiger partial charge in [-0.05, 0) is 17.7 Å². The molecule has 1 N–H and O–H groups in total. The molecule has 0 spiro atoms. The quantitative estimate of drug-likeness (QED) is 0.893. The van der Waals surface area contributed by atoms with Crippen LogP contribution in [0.1, 0.15) is 25.8 Å². The van der Waals surface area contributed by atoms with Gasteiger partial charge >= 0.3 is 0 Å². The zero-order chi connectivity index (χ0) is 12.9. The lowest BCUT2D eigenvalue weighted by Gasteiger charge is -2.25. The van der Waals surface area contributed by atoms with Crippen LogP contribution in [0.4, 0.5) is 0 Å². The maximum atomic E-state index is 11.2. The lowest BCUT2D eigenvalue weighted by molar-refractivity contribution is -0.120. The van der Waals surface area contributed by atoms with Gasteiger partial charge in [0.05, 0.1) is 6.07 Å². The van der Waals surface area contributed by atoms with Crippen molar-refractivity contribution in [2.45, 2.75) is 25.7 Å². The van der Waals surface area contributed by atoms with Gasteiger partial charge in [-0.3, -0.25) is 4.79 Å². The predicted molar refractivity (Wildman–Crippen MR) is 67.7 cm³/mol. The second-order valence-electron chi connectivity index (χ2n) is 4.50. The Morgan fingerprint density at radius 1 is 1.41 bits per heavy atom. The Morgan fingerprint density at radius 2 is 2.00 bits per heavy atom. The lowest BCUT2D eigenvalue weighted by atomic mass is 9.84. The molecule has 0 saturated heterocycles. The van der Waals surface area contributed by atoms with E-state index in [9.17, 15) is 4.79 Å². The summed E-state index contributed by atoms with van der Waals surface area (Å²) in [6.45, 7) is 4.56. The minimum atomic E-state index is -0.241. The van der Waals surface area contributed by atoms with Gasteiger partial charge in [-0.15, -0.1) is 0 Å². The molecule has 1 amide bonds. The number of nitrogens with one attached hydrogen (secondary N) is 1. The van der Waals surface area contributed by atoms with Gasteiger partial charge in [-0.1, -0.05) is 37.6 Å². The molecule has 0 aliphatic carbocycles. The Kier molecular flexibility index (Phi) is 4.53. The first-order valence-corrected chi connectivity index (χ1v) is 5.73. The highest BCUT2D eigenvalue weighted by Gasteiger charge is 2.21. The average Bonchev–Trinajstić information content (AvgIpc) is 2.28. The molecule has 0 bridgehead atoms. The second-order valence-corrected chi connectivity index (χ2v) is 4.94. The number of benzene rings is 1. The number of nitriles is 1. The maximum absolute atomic E-state index is 11.2. The molecule has 0 aromatic heterocycles. The first-order valence-electron chi connectivity index (χ1n) is 5.35. The molecule has 0 unspecified atom stereocenters. The zero-order valence-corrected chi connectivity index (χ0v) is 10.7.